The van der Waals surface area contributed by atoms with Crippen molar-refractivity contribution < 1.29 is 14.3 Å². The maximum Gasteiger partial charge on any atom is 0.151 e. The summed E-state index contributed by atoms with van der Waals surface area (Å²) < 4.78 is 10.6. The Balaban J connectivity index is 1.36. The molecule has 130 valence electrons. The number of piperidine rings is 1. The van der Waals surface area contributed by atoms with Crippen LogP contribution in [-0.4, -0.2) is 53.7 Å². The van der Waals surface area contributed by atoms with E-state index in [1.165, 1.54) is 0 Å². The molecular formula is C17H24N4O3. The Hall–Kier alpha value is -1.96. The van der Waals surface area contributed by atoms with Crippen LogP contribution < -0.4 is 10.2 Å². The van der Waals surface area contributed by atoms with Gasteiger partial charge in [0, 0.05) is 31.9 Å². The van der Waals surface area contributed by atoms with Crippen molar-refractivity contribution in [3.63, 3.8) is 0 Å². The lowest BCUT2D eigenvalue weighted by molar-refractivity contribution is 0.0213. The molecular weight excluding hydrogens is 308 g/mol. The molecule has 0 amide bonds. The molecule has 2 atom stereocenters. The third kappa shape index (κ3) is 5.02. The van der Waals surface area contributed by atoms with Gasteiger partial charge in [-0.25, -0.2) is 0 Å². The smallest absolute Gasteiger partial charge is 0.151 e. The Morgan fingerprint density at radius 2 is 2.38 bits per heavy atom. The molecule has 7 heteroatoms. The first-order chi connectivity index (χ1) is 11.8. The van der Waals surface area contributed by atoms with E-state index in [-0.39, 0.29) is 6.61 Å². The molecule has 2 aromatic rings. The molecule has 3 rings (SSSR count). The molecule has 2 N–H and O–H groups in total. The van der Waals surface area contributed by atoms with Crippen molar-refractivity contribution in [1.29, 1.82) is 0 Å². The molecule has 24 heavy (non-hydrogen) atoms. The molecule has 1 saturated heterocycles. The SMILES string of the molecule is OC(CNC1CCCN(c2cccnn2)C1)COCc1ccco1. The van der Waals surface area contributed by atoms with E-state index in [0.717, 1.165) is 37.5 Å². The first-order valence-electron chi connectivity index (χ1n) is 8.35. The average molecular weight is 332 g/mol. The van der Waals surface area contributed by atoms with Crippen LogP contribution in [0.25, 0.3) is 0 Å². The van der Waals surface area contributed by atoms with Gasteiger partial charge in [0.2, 0.25) is 0 Å². The van der Waals surface area contributed by atoms with Crippen LogP contribution in [0.2, 0.25) is 0 Å². The van der Waals surface area contributed by atoms with Crippen LogP contribution in [0.1, 0.15) is 18.6 Å². The van der Waals surface area contributed by atoms with Crippen LogP contribution in [0.5, 0.6) is 0 Å². The molecule has 0 bridgehead atoms. The lowest BCUT2D eigenvalue weighted by Crippen LogP contribution is -2.48. The number of rotatable bonds is 8. The summed E-state index contributed by atoms with van der Waals surface area (Å²) in [6, 6.07) is 7.89. The number of aromatic nitrogens is 2. The van der Waals surface area contributed by atoms with E-state index in [1.54, 1.807) is 12.5 Å². The fourth-order valence-corrected chi connectivity index (χ4v) is 2.87. The highest BCUT2D eigenvalue weighted by molar-refractivity contribution is 5.37. The molecule has 3 heterocycles. The quantitative estimate of drug-likeness (QED) is 0.751. The van der Waals surface area contributed by atoms with Crippen LogP contribution in [0.4, 0.5) is 5.82 Å². The van der Waals surface area contributed by atoms with Gasteiger partial charge in [0.1, 0.15) is 12.4 Å². The van der Waals surface area contributed by atoms with Crippen molar-refractivity contribution in [3.8, 4) is 0 Å². The summed E-state index contributed by atoms with van der Waals surface area (Å²) in [5, 5.41) is 21.6. The zero-order valence-corrected chi connectivity index (χ0v) is 13.7. The highest BCUT2D eigenvalue weighted by Gasteiger charge is 2.21. The molecule has 0 radical (unpaired) electrons. The first-order valence-corrected chi connectivity index (χ1v) is 8.35. The fourth-order valence-electron chi connectivity index (χ4n) is 2.87. The lowest BCUT2D eigenvalue weighted by atomic mass is 10.1. The summed E-state index contributed by atoms with van der Waals surface area (Å²) in [5.41, 5.74) is 0. The summed E-state index contributed by atoms with van der Waals surface area (Å²) in [5.74, 6) is 1.67. The van der Waals surface area contributed by atoms with E-state index >= 15 is 0 Å². The third-order valence-electron chi connectivity index (χ3n) is 4.08. The monoisotopic (exact) mass is 332 g/mol. The Bertz CT molecular complexity index is 579. The Labute approximate surface area is 141 Å². The predicted molar refractivity (Wildman–Crippen MR) is 89.6 cm³/mol. The molecule has 2 aromatic heterocycles. The van der Waals surface area contributed by atoms with Gasteiger partial charge >= 0.3 is 0 Å². The largest absolute Gasteiger partial charge is 0.467 e. The van der Waals surface area contributed by atoms with Gasteiger partial charge in [-0.2, -0.15) is 5.10 Å². The molecule has 1 fully saturated rings. The van der Waals surface area contributed by atoms with Crippen molar-refractivity contribution in [2.45, 2.75) is 31.6 Å². The summed E-state index contributed by atoms with van der Waals surface area (Å²) in [4.78, 5) is 2.23. The average Bonchev–Trinajstić information content (AvgIpc) is 3.14. The highest BCUT2D eigenvalue weighted by Crippen LogP contribution is 2.16. The minimum absolute atomic E-state index is 0.286. The van der Waals surface area contributed by atoms with E-state index in [0.29, 0.717) is 19.2 Å². The molecule has 0 aromatic carbocycles. The van der Waals surface area contributed by atoms with Crippen LogP contribution in [0.3, 0.4) is 0 Å². The minimum Gasteiger partial charge on any atom is -0.467 e. The number of ether oxygens (including phenoxy) is 1. The van der Waals surface area contributed by atoms with E-state index < -0.39 is 6.10 Å². The van der Waals surface area contributed by atoms with Gasteiger partial charge in [0.05, 0.1) is 19.0 Å². The number of aliphatic hydroxyl groups is 1. The van der Waals surface area contributed by atoms with E-state index in [2.05, 4.69) is 20.4 Å². The normalized spacial score (nSPS) is 19.4. The first kappa shape index (κ1) is 16.9. The Morgan fingerprint density at radius 1 is 1.42 bits per heavy atom. The summed E-state index contributed by atoms with van der Waals surface area (Å²) in [6.45, 7) is 3.05. The second-order valence-electron chi connectivity index (χ2n) is 6.02. The Morgan fingerprint density at radius 3 is 3.17 bits per heavy atom. The molecule has 1 aliphatic rings. The van der Waals surface area contributed by atoms with Gasteiger partial charge in [0.25, 0.3) is 0 Å². The van der Waals surface area contributed by atoms with Gasteiger partial charge < -0.3 is 24.5 Å². The number of hydrogen-bond acceptors (Lipinski definition) is 7. The van der Waals surface area contributed by atoms with Crippen molar-refractivity contribution in [3.05, 3.63) is 42.5 Å². The number of furan rings is 1. The van der Waals surface area contributed by atoms with E-state index in [1.807, 2.05) is 24.3 Å². The van der Waals surface area contributed by atoms with Crippen LogP contribution >= 0.6 is 0 Å². The van der Waals surface area contributed by atoms with E-state index in [9.17, 15) is 5.11 Å². The van der Waals surface area contributed by atoms with Gasteiger partial charge in [-0.15, -0.1) is 5.10 Å². The summed E-state index contributed by atoms with van der Waals surface area (Å²) in [7, 11) is 0. The number of hydrogen-bond donors (Lipinski definition) is 2. The third-order valence-corrected chi connectivity index (χ3v) is 4.08. The van der Waals surface area contributed by atoms with Crippen molar-refractivity contribution >= 4 is 5.82 Å². The number of anilines is 1. The van der Waals surface area contributed by atoms with Gasteiger partial charge in [-0.05, 0) is 37.1 Å². The molecule has 7 nitrogen and oxygen atoms in total. The standard InChI is InChI=1S/C17H24N4O3/c22-15(12-23-13-16-5-3-9-24-16)10-18-14-4-2-8-21(11-14)17-6-1-7-19-20-17/h1,3,5-7,9,14-15,18,22H,2,4,8,10-13H2. The topological polar surface area (TPSA) is 83.7 Å². The zero-order valence-electron chi connectivity index (χ0n) is 13.7. The molecule has 0 spiro atoms. The van der Waals surface area contributed by atoms with E-state index in [4.69, 9.17) is 9.15 Å². The molecule has 0 aliphatic carbocycles. The van der Waals surface area contributed by atoms with Crippen molar-refractivity contribution in [1.82, 2.24) is 15.5 Å². The fraction of sp³-hybridized carbons (Fsp3) is 0.529. The zero-order chi connectivity index (χ0) is 16.6. The number of aliphatic hydroxyl groups excluding tert-OH is 1. The van der Waals surface area contributed by atoms with Crippen LogP contribution in [0.15, 0.2) is 41.1 Å². The lowest BCUT2D eigenvalue weighted by Gasteiger charge is -2.34. The molecule has 1 aliphatic heterocycles. The number of nitrogens with zero attached hydrogens (tertiary/aromatic N) is 3. The van der Waals surface area contributed by atoms with Crippen molar-refractivity contribution in [2.75, 3.05) is 31.1 Å². The molecule has 0 saturated carbocycles. The second-order valence-corrected chi connectivity index (χ2v) is 6.02. The summed E-state index contributed by atoms with van der Waals surface area (Å²) >= 11 is 0. The van der Waals surface area contributed by atoms with Crippen molar-refractivity contribution in [2.24, 2.45) is 0 Å². The maximum absolute atomic E-state index is 10.0. The Kier molecular flexibility index (Phi) is 6.17. The maximum atomic E-state index is 10.0. The predicted octanol–water partition coefficient (Wildman–Crippen LogP) is 1.21. The van der Waals surface area contributed by atoms with Gasteiger partial charge in [-0.3, -0.25) is 0 Å². The highest BCUT2D eigenvalue weighted by atomic mass is 16.5. The minimum atomic E-state index is -0.535. The van der Waals surface area contributed by atoms with Gasteiger partial charge in [-0.1, -0.05) is 0 Å². The number of nitrogens with one attached hydrogen (secondary N) is 1. The summed E-state index contributed by atoms with van der Waals surface area (Å²) in [6.07, 6.45) is 4.95. The van der Waals surface area contributed by atoms with Crippen LogP contribution in [0, 0.1) is 0 Å². The van der Waals surface area contributed by atoms with Crippen LogP contribution in [-0.2, 0) is 11.3 Å². The second kappa shape index (κ2) is 8.77. The molecule has 2 unspecified atom stereocenters. The van der Waals surface area contributed by atoms with Gasteiger partial charge in [0.15, 0.2) is 5.82 Å².